The molecule has 458 valence electrons. The van der Waals surface area contributed by atoms with Gasteiger partial charge in [0.15, 0.2) is 6.29 Å². The van der Waals surface area contributed by atoms with Crippen molar-refractivity contribution in [3.05, 3.63) is 12.2 Å². The molecule has 0 aromatic heterocycles. The highest BCUT2D eigenvalue weighted by molar-refractivity contribution is 7.80. The molecule has 1 fully saturated rings. The van der Waals surface area contributed by atoms with E-state index in [9.17, 15) is 38.2 Å². The van der Waals surface area contributed by atoms with Crippen LogP contribution < -0.4 is 5.32 Å². The monoisotopic (exact) mass is 1120 g/mol. The molecule has 0 aromatic carbocycles. The lowest BCUT2D eigenvalue weighted by molar-refractivity contribution is -0.298. The normalized spacial score (nSPS) is 18.9. The molecule has 6 N–H and O–H groups in total. The van der Waals surface area contributed by atoms with E-state index >= 15 is 0 Å². The molecular formula is C64H125NO11S. The first-order chi connectivity index (χ1) is 37.5. The molecule has 0 bridgehead atoms. The van der Waals surface area contributed by atoms with Crippen LogP contribution in [-0.2, 0) is 28.9 Å². The molecule has 12 nitrogen and oxygen atoms in total. The van der Waals surface area contributed by atoms with Gasteiger partial charge in [-0.2, -0.15) is 8.42 Å². The third kappa shape index (κ3) is 46.1. The molecule has 7 unspecified atom stereocenters. The fourth-order valence-corrected chi connectivity index (χ4v) is 11.5. The molecule has 7 atom stereocenters. The van der Waals surface area contributed by atoms with E-state index in [2.05, 4.69) is 35.5 Å². The zero-order valence-corrected chi connectivity index (χ0v) is 50.9. The van der Waals surface area contributed by atoms with E-state index in [1.54, 1.807) is 0 Å². The third-order valence-electron chi connectivity index (χ3n) is 16.1. The molecule has 77 heavy (non-hydrogen) atoms. The maximum absolute atomic E-state index is 13.2. The van der Waals surface area contributed by atoms with Gasteiger partial charge >= 0.3 is 10.4 Å². The van der Waals surface area contributed by atoms with Gasteiger partial charge in [0.05, 0.1) is 25.4 Å². The zero-order chi connectivity index (χ0) is 56.1. The maximum atomic E-state index is 13.2. The van der Waals surface area contributed by atoms with Crippen molar-refractivity contribution in [1.29, 1.82) is 0 Å². The fraction of sp³-hybridized carbons (Fsp3) is 0.953. The minimum Gasteiger partial charge on any atom is -0.394 e. The van der Waals surface area contributed by atoms with Crippen LogP contribution in [0, 0.1) is 0 Å². The number of allylic oxidation sites excluding steroid dienone is 2. The molecule has 0 spiro atoms. The van der Waals surface area contributed by atoms with Gasteiger partial charge in [-0.05, 0) is 38.5 Å². The Morgan fingerprint density at radius 3 is 1.17 bits per heavy atom. The van der Waals surface area contributed by atoms with Crippen LogP contribution >= 0.6 is 0 Å². The summed E-state index contributed by atoms with van der Waals surface area (Å²) < 4.78 is 48.0. The second-order valence-corrected chi connectivity index (χ2v) is 24.5. The van der Waals surface area contributed by atoms with Gasteiger partial charge in [0.25, 0.3) is 0 Å². The first kappa shape index (κ1) is 73.9. The van der Waals surface area contributed by atoms with Gasteiger partial charge in [0, 0.05) is 6.42 Å². The Balaban J connectivity index is 2.25. The highest BCUT2D eigenvalue weighted by Crippen LogP contribution is 2.26. The van der Waals surface area contributed by atoms with Gasteiger partial charge in [-0.1, -0.05) is 302 Å². The van der Waals surface area contributed by atoms with Gasteiger partial charge in [-0.25, -0.2) is 4.18 Å². The van der Waals surface area contributed by atoms with Crippen LogP contribution in [0.3, 0.4) is 0 Å². The van der Waals surface area contributed by atoms with Gasteiger partial charge in [0.1, 0.15) is 24.4 Å². The predicted octanol–water partition coefficient (Wildman–Crippen LogP) is 16.6. The molecule has 1 aliphatic heterocycles. The molecule has 1 heterocycles. The average Bonchev–Trinajstić information content (AvgIpc) is 3.41. The Morgan fingerprint density at radius 2 is 0.831 bits per heavy atom. The topological polar surface area (TPSA) is 192 Å². The van der Waals surface area contributed by atoms with Gasteiger partial charge in [-0.15, -0.1) is 0 Å². The standard InChI is InChI=1S/C64H125NO11S/c1-3-5-7-9-11-13-15-17-19-21-23-25-26-27-28-29-30-31-32-33-34-36-38-40-42-44-46-48-50-52-54-60(68)65-57(56-74-64-62(70)63(76-77(71,72)73)61(69)59(55-66)75-64)58(67)53-51-49-47-45-43-41-39-37-35-24-22-20-18-16-14-12-10-8-6-4-2/h27-28,57-59,61-64,66-67,69-70H,3-26,29-56H2,1-2H3,(H,65,68)(H,71,72,73)/b28-27-. The predicted molar refractivity (Wildman–Crippen MR) is 319 cm³/mol. The highest BCUT2D eigenvalue weighted by atomic mass is 32.3. The number of carbonyl (C=O) groups excluding carboxylic acids is 1. The van der Waals surface area contributed by atoms with E-state index in [1.165, 1.54) is 257 Å². The van der Waals surface area contributed by atoms with Crippen molar-refractivity contribution in [3.8, 4) is 0 Å². The first-order valence-corrected chi connectivity index (χ1v) is 34.4. The third-order valence-corrected chi connectivity index (χ3v) is 16.5. The van der Waals surface area contributed by atoms with Gasteiger partial charge < -0.3 is 35.2 Å². The summed E-state index contributed by atoms with van der Waals surface area (Å²) in [6.07, 6.45) is 58.1. The van der Waals surface area contributed by atoms with Gasteiger partial charge in [-0.3, -0.25) is 9.35 Å². The number of aliphatic hydroxyl groups is 4. The summed E-state index contributed by atoms with van der Waals surface area (Å²) in [7, 11) is -5.08. The summed E-state index contributed by atoms with van der Waals surface area (Å²) in [4.78, 5) is 13.2. The first-order valence-electron chi connectivity index (χ1n) is 33.1. The molecule has 0 saturated carbocycles. The maximum Gasteiger partial charge on any atom is 0.397 e. The lowest BCUT2D eigenvalue weighted by Gasteiger charge is -2.41. The molecule has 1 amide bonds. The minimum absolute atomic E-state index is 0.223. The lowest BCUT2D eigenvalue weighted by atomic mass is 9.99. The Bertz CT molecular complexity index is 1400. The molecule has 1 rings (SSSR count). The number of nitrogens with one attached hydrogen (secondary N) is 1. The van der Waals surface area contributed by atoms with Crippen molar-refractivity contribution in [2.24, 2.45) is 0 Å². The fourth-order valence-electron chi connectivity index (χ4n) is 11.0. The van der Waals surface area contributed by atoms with Crippen molar-refractivity contribution in [3.63, 3.8) is 0 Å². The Labute approximate surface area is 474 Å². The number of aliphatic hydroxyl groups excluding tert-OH is 4. The second-order valence-electron chi connectivity index (χ2n) is 23.4. The van der Waals surface area contributed by atoms with Gasteiger partial charge in [0.2, 0.25) is 5.91 Å². The molecule has 0 radical (unpaired) electrons. The summed E-state index contributed by atoms with van der Waals surface area (Å²) in [5.74, 6) is -0.223. The van der Waals surface area contributed by atoms with Crippen LogP contribution in [0.5, 0.6) is 0 Å². The number of rotatable bonds is 59. The van der Waals surface area contributed by atoms with E-state index in [-0.39, 0.29) is 12.5 Å². The summed E-state index contributed by atoms with van der Waals surface area (Å²) in [6, 6.07) is -0.857. The number of hydrogen-bond donors (Lipinski definition) is 6. The summed E-state index contributed by atoms with van der Waals surface area (Å²) >= 11 is 0. The number of ether oxygens (including phenoxy) is 2. The van der Waals surface area contributed by atoms with Crippen molar-refractivity contribution in [2.45, 2.75) is 378 Å². The number of carbonyl (C=O) groups is 1. The van der Waals surface area contributed by atoms with E-state index in [0.717, 1.165) is 51.4 Å². The van der Waals surface area contributed by atoms with E-state index in [1.807, 2.05) is 0 Å². The number of unbranched alkanes of at least 4 members (excludes halogenated alkanes) is 45. The Morgan fingerprint density at radius 1 is 0.506 bits per heavy atom. The molecule has 0 aromatic rings. The van der Waals surface area contributed by atoms with E-state index in [0.29, 0.717) is 12.8 Å². The van der Waals surface area contributed by atoms with Crippen LogP contribution in [0.4, 0.5) is 0 Å². The molecule has 13 heteroatoms. The molecule has 1 saturated heterocycles. The SMILES string of the molecule is CCCCCCCCCCCCCC/C=C\CCCCCCCCCCCCCCCCC(=O)NC(COC1OC(CO)C(O)C(OS(=O)(=O)O)C1O)C(O)CCCCCCCCCCCCCCCCCCCCCC. The summed E-state index contributed by atoms with van der Waals surface area (Å²) in [5, 5.41) is 45.3. The van der Waals surface area contributed by atoms with Crippen LogP contribution in [0.1, 0.15) is 335 Å². The minimum atomic E-state index is -5.08. The van der Waals surface area contributed by atoms with Crippen molar-refractivity contribution >= 4 is 16.3 Å². The number of hydrogen-bond acceptors (Lipinski definition) is 10. The van der Waals surface area contributed by atoms with E-state index in [4.69, 9.17) is 9.47 Å². The molecule has 1 aliphatic rings. The summed E-state index contributed by atoms with van der Waals surface area (Å²) in [6.45, 7) is 3.52. The Kier molecular flexibility index (Phi) is 51.9. The summed E-state index contributed by atoms with van der Waals surface area (Å²) in [5.41, 5.74) is 0. The molecule has 0 aliphatic carbocycles. The largest absolute Gasteiger partial charge is 0.397 e. The smallest absolute Gasteiger partial charge is 0.394 e. The highest BCUT2D eigenvalue weighted by Gasteiger charge is 2.48. The molecular weight excluding hydrogens is 991 g/mol. The van der Waals surface area contributed by atoms with Crippen LogP contribution in [0.25, 0.3) is 0 Å². The average molecular weight is 1120 g/mol. The second kappa shape index (κ2) is 54.1. The number of amides is 1. The van der Waals surface area contributed by atoms with Crippen molar-refractivity contribution in [2.75, 3.05) is 13.2 Å². The van der Waals surface area contributed by atoms with Crippen LogP contribution in [0.2, 0.25) is 0 Å². The zero-order valence-electron chi connectivity index (χ0n) is 50.1. The van der Waals surface area contributed by atoms with Crippen molar-refractivity contribution in [1.82, 2.24) is 5.32 Å². The van der Waals surface area contributed by atoms with Crippen LogP contribution in [-0.4, -0.2) is 95.4 Å². The quantitative estimate of drug-likeness (QED) is 0.0193. The van der Waals surface area contributed by atoms with E-state index < -0.39 is 59.9 Å². The van der Waals surface area contributed by atoms with Crippen molar-refractivity contribution < 1.29 is 51.8 Å². The Hall–Kier alpha value is -1.16. The van der Waals surface area contributed by atoms with Crippen LogP contribution in [0.15, 0.2) is 12.2 Å². The lowest BCUT2D eigenvalue weighted by Crippen LogP contribution is -2.61.